The Morgan fingerprint density at radius 3 is 2.00 bits per heavy atom. The lowest BCUT2D eigenvalue weighted by atomic mass is 10.1. The fourth-order valence-electron chi connectivity index (χ4n) is 3.77. The maximum atomic E-state index is 12.3. The summed E-state index contributed by atoms with van der Waals surface area (Å²) in [5, 5.41) is 4.60. The number of hydrazone groups is 1. The van der Waals surface area contributed by atoms with E-state index >= 15 is 0 Å². The number of rotatable bonds is 7. The molecule has 1 aliphatic heterocycles. The number of halogens is 1. The minimum atomic E-state index is -0.241. The third-order valence-electron chi connectivity index (χ3n) is 5.61. The van der Waals surface area contributed by atoms with Crippen LogP contribution in [-0.2, 0) is 13.1 Å². The molecule has 3 aromatic carbocycles. The Kier molecular flexibility index (Phi) is 7.67. The highest BCUT2D eigenvalue weighted by Gasteiger charge is 2.17. The standard InChI is InChI=1S/C26H27ClN4O/c27-25-9-5-4-8-24(25)18-28-29-26(32)23-12-10-22(11-13-23)20-31-16-14-30(15-17-31)19-21-6-2-1-3-7-21/h1-13,18H,14-17,19-20H2,(H,29,32)/b28-18-. The fourth-order valence-corrected chi connectivity index (χ4v) is 3.96. The summed E-state index contributed by atoms with van der Waals surface area (Å²) >= 11 is 6.09. The lowest BCUT2D eigenvalue weighted by molar-refractivity contribution is 0.0955. The van der Waals surface area contributed by atoms with E-state index in [9.17, 15) is 4.79 Å². The molecule has 1 heterocycles. The van der Waals surface area contributed by atoms with Gasteiger partial charge in [0, 0.05) is 55.4 Å². The van der Waals surface area contributed by atoms with E-state index in [1.807, 2.05) is 42.5 Å². The van der Waals surface area contributed by atoms with Crippen LogP contribution in [0, 0.1) is 0 Å². The van der Waals surface area contributed by atoms with Crippen molar-refractivity contribution in [1.82, 2.24) is 15.2 Å². The zero-order valence-corrected chi connectivity index (χ0v) is 18.7. The summed E-state index contributed by atoms with van der Waals surface area (Å²) in [5.41, 5.74) is 6.47. The number of hydrogen-bond donors (Lipinski definition) is 1. The third-order valence-corrected chi connectivity index (χ3v) is 5.96. The monoisotopic (exact) mass is 446 g/mol. The average molecular weight is 447 g/mol. The molecule has 164 valence electrons. The lowest BCUT2D eigenvalue weighted by Gasteiger charge is -2.34. The van der Waals surface area contributed by atoms with Crippen LogP contribution in [-0.4, -0.2) is 48.1 Å². The molecule has 0 aromatic heterocycles. The van der Waals surface area contributed by atoms with Crippen molar-refractivity contribution in [2.45, 2.75) is 13.1 Å². The highest BCUT2D eigenvalue weighted by Crippen LogP contribution is 2.13. The first kappa shape index (κ1) is 22.2. The lowest BCUT2D eigenvalue weighted by Crippen LogP contribution is -2.45. The minimum Gasteiger partial charge on any atom is -0.297 e. The molecule has 6 heteroatoms. The van der Waals surface area contributed by atoms with Gasteiger partial charge in [-0.2, -0.15) is 5.10 Å². The number of carbonyl (C=O) groups excluding carboxylic acids is 1. The predicted octanol–water partition coefficient (Wildman–Crippen LogP) is 4.42. The molecular weight excluding hydrogens is 420 g/mol. The van der Waals surface area contributed by atoms with Gasteiger partial charge in [0.1, 0.15) is 0 Å². The molecule has 0 spiro atoms. The summed E-state index contributed by atoms with van der Waals surface area (Å²) in [6.45, 7) is 6.14. The smallest absolute Gasteiger partial charge is 0.271 e. The molecule has 0 atom stereocenters. The summed E-state index contributed by atoms with van der Waals surface area (Å²) in [5.74, 6) is -0.241. The number of hydrogen-bond acceptors (Lipinski definition) is 4. The van der Waals surface area contributed by atoms with Gasteiger partial charge in [-0.05, 0) is 29.3 Å². The van der Waals surface area contributed by atoms with Crippen LogP contribution in [0.4, 0.5) is 0 Å². The predicted molar refractivity (Wildman–Crippen MR) is 130 cm³/mol. The summed E-state index contributed by atoms with van der Waals surface area (Å²) in [6, 6.07) is 25.7. The zero-order chi connectivity index (χ0) is 22.2. The highest BCUT2D eigenvalue weighted by atomic mass is 35.5. The van der Waals surface area contributed by atoms with E-state index in [0.29, 0.717) is 10.6 Å². The molecule has 0 unspecified atom stereocenters. The molecule has 5 nitrogen and oxygen atoms in total. The van der Waals surface area contributed by atoms with Gasteiger partial charge in [0.2, 0.25) is 0 Å². The second kappa shape index (κ2) is 11.0. The van der Waals surface area contributed by atoms with Crippen molar-refractivity contribution in [3.63, 3.8) is 0 Å². The number of piperazine rings is 1. The minimum absolute atomic E-state index is 0.241. The molecule has 0 bridgehead atoms. The van der Waals surface area contributed by atoms with Crippen molar-refractivity contribution in [2.75, 3.05) is 26.2 Å². The van der Waals surface area contributed by atoms with E-state index < -0.39 is 0 Å². The maximum absolute atomic E-state index is 12.3. The maximum Gasteiger partial charge on any atom is 0.271 e. The van der Waals surface area contributed by atoms with E-state index in [0.717, 1.165) is 44.8 Å². The Morgan fingerprint density at radius 1 is 0.812 bits per heavy atom. The Hall–Kier alpha value is -2.99. The summed E-state index contributed by atoms with van der Waals surface area (Å²) < 4.78 is 0. The number of carbonyl (C=O) groups is 1. The number of nitrogens with one attached hydrogen (secondary N) is 1. The Balaban J connectivity index is 1.23. The van der Waals surface area contributed by atoms with Crippen LogP contribution >= 0.6 is 11.6 Å². The number of amides is 1. The Morgan fingerprint density at radius 2 is 1.38 bits per heavy atom. The normalized spacial score (nSPS) is 15.2. The first-order valence-corrected chi connectivity index (χ1v) is 11.2. The van der Waals surface area contributed by atoms with Crippen molar-refractivity contribution >= 4 is 23.7 Å². The van der Waals surface area contributed by atoms with Gasteiger partial charge in [-0.1, -0.05) is 72.3 Å². The second-order valence-electron chi connectivity index (χ2n) is 7.96. The van der Waals surface area contributed by atoms with Crippen LogP contribution in [0.2, 0.25) is 5.02 Å². The van der Waals surface area contributed by atoms with Crippen LogP contribution in [0.1, 0.15) is 27.0 Å². The van der Waals surface area contributed by atoms with Gasteiger partial charge >= 0.3 is 0 Å². The van der Waals surface area contributed by atoms with E-state index in [1.54, 1.807) is 12.3 Å². The number of benzene rings is 3. The average Bonchev–Trinajstić information content (AvgIpc) is 2.83. The van der Waals surface area contributed by atoms with Crippen LogP contribution in [0.5, 0.6) is 0 Å². The molecule has 1 aliphatic rings. The van der Waals surface area contributed by atoms with Gasteiger partial charge in [0.25, 0.3) is 5.91 Å². The molecule has 1 fully saturated rings. The van der Waals surface area contributed by atoms with Gasteiger partial charge in [-0.3, -0.25) is 14.6 Å². The van der Waals surface area contributed by atoms with Crippen molar-refractivity contribution < 1.29 is 4.79 Å². The van der Waals surface area contributed by atoms with E-state index in [-0.39, 0.29) is 5.91 Å². The van der Waals surface area contributed by atoms with Crippen LogP contribution < -0.4 is 5.43 Å². The molecule has 1 amide bonds. The topological polar surface area (TPSA) is 47.9 Å². The van der Waals surface area contributed by atoms with Crippen molar-refractivity contribution in [1.29, 1.82) is 0 Å². The summed E-state index contributed by atoms with van der Waals surface area (Å²) in [7, 11) is 0. The first-order valence-electron chi connectivity index (χ1n) is 10.8. The molecule has 32 heavy (non-hydrogen) atoms. The molecular formula is C26H27ClN4O. The molecule has 1 N–H and O–H groups in total. The summed E-state index contributed by atoms with van der Waals surface area (Å²) in [6.07, 6.45) is 1.55. The highest BCUT2D eigenvalue weighted by molar-refractivity contribution is 6.33. The molecule has 0 aliphatic carbocycles. The van der Waals surface area contributed by atoms with Gasteiger partial charge in [-0.15, -0.1) is 0 Å². The first-order chi connectivity index (χ1) is 15.7. The van der Waals surface area contributed by atoms with Crippen LogP contribution in [0.15, 0.2) is 84.0 Å². The SMILES string of the molecule is O=C(N/N=C\c1ccccc1Cl)c1ccc(CN2CCN(Cc3ccccc3)CC2)cc1. The van der Waals surface area contributed by atoms with Crippen molar-refractivity contribution in [2.24, 2.45) is 5.10 Å². The van der Waals surface area contributed by atoms with E-state index in [4.69, 9.17) is 11.6 Å². The third kappa shape index (κ3) is 6.26. The Labute approximate surface area is 194 Å². The number of nitrogens with zero attached hydrogens (tertiary/aromatic N) is 3. The van der Waals surface area contributed by atoms with Crippen molar-refractivity contribution in [3.8, 4) is 0 Å². The van der Waals surface area contributed by atoms with Gasteiger partial charge in [0.15, 0.2) is 0 Å². The Bertz CT molecular complexity index is 1040. The van der Waals surface area contributed by atoms with Crippen LogP contribution in [0.3, 0.4) is 0 Å². The molecule has 3 aromatic rings. The van der Waals surface area contributed by atoms with Gasteiger partial charge < -0.3 is 0 Å². The zero-order valence-electron chi connectivity index (χ0n) is 18.0. The van der Waals surface area contributed by atoms with E-state index in [2.05, 4.69) is 50.7 Å². The fraction of sp³-hybridized carbons (Fsp3) is 0.231. The largest absolute Gasteiger partial charge is 0.297 e. The van der Waals surface area contributed by atoms with Gasteiger partial charge in [-0.25, -0.2) is 5.43 Å². The second-order valence-corrected chi connectivity index (χ2v) is 8.36. The molecule has 4 rings (SSSR count). The molecule has 0 radical (unpaired) electrons. The quantitative estimate of drug-likeness (QED) is 0.431. The summed E-state index contributed by atoms with van der Waals surface area (Å²) in [4.78, 5) is 17.3. The molecule has 0 saturated carbocycles. The van der Waals surface area contributed by atoms with Crippen LogP contribution in [0.25, 0.3) is 0 Å². The van der Waals surface area contributed by atoms with Crippen molar-refractivity contribution in [3.05, 3.63) is 106 Å². The van der Waals surface area contributed by atoms with Gasteiger partial charge in [0.05, 0.1) is 6.21 Å². The van der Waals surface area contributed by atoms with E-state index in [1.165, 1.54) is 11.1 Å². The molecule has 1 saturated heterocycles.